The van der Waals surface area contributed by atoms with Gasteiger partial charge in [0.15, 0.2) is 21.5 Å². The summed E-state index contributed by atoms with van der Waals surface area (Å²) in [5.41, 5.74) is 0.989. The van der Waals surface area contributed by atoms with Crippen molar-refractivity contribution in [2.45, 2.75) is 18.9 Å². The highest BCUT2D eigenvalue weighted by Crippen LogP contribution is 2.17. The largest absolute Gasteiger partial charge is 0.357 e. The molecule has 0 aliphatic rings. The van der Waals surface area contributed by atoms with E-state index in [2.05, 4.69) is 10.6 Å². The van der Waals surface area contributed by atoms with Crippen LogP contribution in [-0.4, -0.2) is 38.8 Å². The van der Waals surface area contributed by atoms with E-state index < -0.39 is 45.1 Å². The van der Waals surface area contributed by atoms with Crippen LogP contribution in [0.15, 0.2) is 48.5 Å². The lowest BCUT2D eigenvalue weighted by molar-refractivity contribution is -0.127. The molecular formula is C20H22F2N2O4S. The molecule has 6 nitrogen and oxygen atoms in total. The predicted molar refractivity (Wildman–Crippen MR) is 105 cm³/mol. The number of sulfone groups is 1. The van der Waals surface area contributed by atoms with Crippen molar-refractivity contribution in [2.24, 2.45) is 0 Å². The number of nitrogens with one attached hydrogen (secondary N) is 2. The van der Waals surface area contributed by atoms with Crippen molar-refractivity contribution in [3.8, 4) is 0 Å². The Morgan fingerprint density at radius 3 is 2.34 bits per heavy atom. The summed E-state index contributed by atoms with van der Waals surface area (Å²) in [6.07, 6.45) is 0.902. The molecule has 2 amide bonds. The van der Waals surface area contributed by atoms with Gasteiger partial charge in [-0.05, 0) is 36.1 Å². The van der Waals surface area contributed by atoms with Crippen molar-refractivity contribution < 1.29 is 26.8 Å². The van der Waals surface area contributed by atoms with Crippen molar-refractivity contribution in [1.29, 1.82) is 0 Å². The Labute approximate surface area is 168 Å². The fourth-order valence-electron chi connectivity index (χ4n) is 2.75. The number of aryl methyl sites for hydroxylation is 1. The first-order chi connectivity index (χ1) is 13.7. The Bertz CT molecular complexity index is 966. The molecule has 2 aromatic rings. The van der Waals surface area contributed by atoms with Gasteiger partial charge in [0, 0.05) is 7.05 Å². The second-order valence-electron chi connectivity index (χ2n) is 6.47. The van der Waals surface area contributed by atoms with Gasteiger partial charge in [0.05, 0.1) is 5.75 Å². The van der Waals surface area contributed by atoms with Gasteiger partial charge in [-0.2, -0.15) is 0 Å². The molecule has 2 N–H and O–H groups in total. The Balaban J connectivity index is 1.99. The molecule has 0 aromatic heterocycles. The molecule has 0 bridgehead atoms. The van der Waals surface area contributed by atoms with Gasteiger partial charge in [-0.25, -0.2) is 17.2 Å². The third-order valence-electron chi connectivity index (χ3n) is 4.21. The predicted octanol–water partition coefficient (Wildman–Crippen LogP) is 1.92. The lowest BCUT2D eigenvalue weighted by Gasteiger charge is -2.18. The molecule has 0 aliphatic carbocycles. The van der Waals surface area contributed by atoms with Crippen LogP contribution >= 0.6 is 0 Å². The van der Waals surface area contributed by atoms with Crippen LogP contribution in [0.5, 0.6) is 0 Å². The molecule has 156 valence electrons. The molecule has 0 fully saturated rings. The van der Waals surface area contributed by atoms with Gasteiger partial charge in [-0.1, -0.05) is 36.4 Å². The van der Waals surface area contributed by atoms with Crippen LogP contribution in [0.25, 0.3) is 0 Å². The average molecular weight is 424 g/mol. The lowest BCUT2D eigenvalue weighted by Crippen LogP contribution is -2.41. The number of carbonyl (C=O) groups is 2. The number of likely N-dealkylation sites (N-methyl/N-ethyl adjacent to an activating group) is 1. The highest BCUT2D eigenvalue weighted by Gasteiger charge is 2.25. The van der Waals surface area contributed by atoms with Gasteiger partial charge >= 0.3 is 0 Å². The number of carbonyl (C=O) groups excluding carboxylic acids is 2. The Kier molecular flexibility index (Phi) is 7.83. The number of hydrogen-bond donors (Lipinski definition) is 2. The minimum absolute atomic E-state index is 0.00178. The topological polar surface area (TPSA) is 92.3 Å². The van der Waals surface area contributed by atoms with Crippen molar-refractivity contribution in [1.82, 2.24) is 10.6 Å². The first-order valence-corrected chi connectivity index (χ1v) is 10.7. The summed E-state index contributed by atoms with van der Waals surface area (Å²) in [5.74, 6) is -4.87. The Hall–Kier alpha value is -2.81. The van der Waals surface area contributed by atoms with Crippen molar-refractivity contribution >= 4 is 21.7 Å². The maximum absolute atomic E-state index is 13.5. The number of benzene rings is 2. The summed E-state index contributed by atoms with van der Waals surface area (Å²) in [6.45, 7) is 0. The van der Waals surface area contributed by atoms with E-state index in [-0.39, 0.29) is 11.3 Å². The number of rotatable bonds is 9. The smallest absolute Gasteiger partial charge is 0.246 e. The maximum atomic E-state index is 13.5. The Morgan fingerprint density at radius 1 is 1.03 bits per heavy atom. The minimum atomic E-state index is -3.70. The van der Waals surface area contributed by atoms with E-state index in [9.17, 15) is 26.8 Å². The van der Waals surface area contributed by atoms with E-state index in [0.29, 0.717) is 12.8 Å². The third kappa shape index (κ3) is 6.94. The molecule has 2 aromatic carbocycles. The van der Waals surface area contributed by atoms with Crippen LogP contribution in [0.4, 0.5) is 8.78 Å². The number of hydrogen-bond acceptors (Lipinski definition) is 4. The molecule has 0 aliphatic heterocycles. The molecule has 2 rings (SSSR count). The summed E-state index contributed by atoms with van der Waals surface area (Å²) in [6, 6.07) is 10.7. The van der Waals surface area contributed by atoms with E-state index >= 15 is 0 Å². The van der Waals surface area contributed by atoms with Crippen molar-refractivity contribution in [3.63, 3.8) is 0 Å². The van der Waals surface area contributed by atoms with Crippen LogP contribution in [0.3, 0.4) is 0 Å². The van der Waals surface area contributed by atoms with E-state index in [4.69, 9.17) is 0 Å². The first kappa shape index (κ1) is 22.5. The summed E-state index contributed by atoms with van der Waals surface area (Å²) < 4.78 is 51.0. The van der Waals surface area contributed by atoms with E-state index in [1.54, 1.807) is 0 Å². The molecule has 9 heteroatoms. The van der Waals surface area contributed by atoms with Gasteiger partial charge in [0.25, 0.3) is 0 Å². The highest BCUT2D eigenvalue weighted by atomic mass is 32.2. The summed E-state index contributed by atoms with van der Waals surface area (Å²) in [4.78, 5) is 24.3. The van der Waals surface area contributed by atoms with Gasteiger partial charge in [0.1, 0.15) is 11.8 Å². The zero-order valence-electron chi connectivity index (χ0n) is 15.8. The SMILES string of the molecule is CNC(=O)C(NC(=O)CS(=O)(=O)CCCc1ccccc1)c1ccc(F)c(F)c1. The van der Waals surface area contributed by atoms with Crippen LogP contribution in [0.1, 0.15) is 23.6 Å². The van der Waals surface area contributed by atoms with Gasteiger partial charge < -0.3 is 10.6 Å². The zero-order chi connectivity index (χ0) is 21.4. The van der Waals surface area contributed by atoms with Gasteiger partial charge in [-0.3, -0.25) is 9.59 Å². The molecule has 0 saturated heterocycles. The third-order valence-corrected chi connectivity index (χ3v) is 5.82. The monoisotopic (exact) mass is 424 g/mol. The standard InChI is InChI=1S/C20H22F2N2O4S/c1-23-20(26)19(15-9-10-16(21)17(22)12-15)24-18(25)13-29(27,28)11-5-8-14-6-3-2-4-7-14/h2-4,6-7,9-10,12,19H,5,8,11,13H2,1H3,(H,23,26)(H,24,25). The normalized spacial score (nSPS) is 12.2. The van der Waals surface area contributed by atoms with Gasteiger partial charge in [0.2, 0.25) is 11.8 Å². The first-order valence-electron chi connectivity index (χ1n) is 8.92. The van der Waals surface area contributed by atoms with E-state index in [1.807, 2.05) is 30.3 Å². The molecule has 1 atom stereocenters. The molecule has 0 radical (unpaired) electrons. The highest BCUT2D eigenvalue weighted by molar-refractivity contribution is 7.92. The molecule has 29 heavy (non-hydrogen) atoms. The maximum Gasteiger partial charge on any atom is 0.246 e. The molecule has 0 spiro atoms. The summed E-state index contributed by atoms with van der Waals surface area (Å²) in [7, 11) is -2.40. The number of halogens is 2. The minimum Gasteiger partial charge on any atom is -0.357 e. The fraction of sp³-hybridized carbons (Fsp3) is 0.300. The second kappa shape index (κ2) is 10.1. The van der Waals surface area contributed by atoms with E-state index in [0.717, 1.165) is 23.8 Å². The quantitative estimate of drug-likeness (QED) is 0.643. The Morgan fingerprint density at radius 2 is 1.72 bits per heavy atom. The summed E-state index contributed by atoms with van der Waals surface area (Å²) in [5, 5.41) is 4.57. The molecule has 0 saturated carbocycles. The van der Waals surface area contributed by atoms with E-state index in [1.165, 1.54) is 7.05 Å². The molecule has 1 unspecified atom stereocenters. The fourth-order valence-corrected chi connectivity index (χ4v) is 3.96. The van der Waals surface area contributed by atoms with Crippen molar-refractivity contribution in [3.05, 3.63) is 71.3 Å². The summed E-state index contributed by atoms with van der Waals surface area (Å²) >= 11 is 0. The zero-order valence-corrected chi connectivity index (χ0v) is 16.6. The molecule has 0 heterocycles. The van der Waals surface area contributed by atoms with Crippen LogP contribution < -0.4 is 10.6 Å². The van der Waals surface area contributed by atoms with Crippen molar-refractivity contribution in [2.75, 3.05) is 18.6 Å². The van der Waals surface area contributed by atoms with Crippen LogP contribution in [-0.2, 0) is 25.8 Å². The number of amides is 2. The van der Waals surface area contributed by atoms with Gasteiger partial charge in [-0.15, -0.1) is 0 Å². The second-order valence-corrected chi connectivity index (χ2v) is 8.65. The average Bonchev–Trinajstić information content (AvgIpc) is 2.68. The lowest BCUT2D eigenvalue weighted by atomic mass is 10.1. The van der Waals surface area contributed by atoms with Crippen LogP contribution in [0.2, 0.25) is 0 Å². The van der Waals surface area contributed by atoms with Crippen LogP contribution in [0, 0.1) is 11.6 Å². The molecular weight excluding hydrogens is 402 g/mol.